The second-order valence-electron chi connectivity index (χ2n) is 4.32. The van der Waals surface area contributed by atoms with Gasteiger partial charge in [-0.25, -0.2) is 18.5 Å². The molecule has 0 bridgehead atoms. The van der Waals surface area contributed by atoms with Crippen LogP contribution in [0.2, 0.25) is 0 Å². The molecule has 0 saturated heterocycles. The summed E-state index contributed by atoms with van der Waals surface area (Å²) >= 11 is 3.47. The number of pyridine rings is 1. The topological polar surface area (TPSA) is 76.3 Å². The first-order valence-corrected chi connectivity index (χ1v) is 8.16. The second-order valence-corrected chi connectivity index (χ2v) is 6.70. The molecule has 0 spiro atoms. The predicted octanol–water partition coefficient (Wildman–Crippen LogP) is 2.13. The highest BCUT2D eigenvalue weighted by molar-refractivity contribution is 9.10. The molecule has 0 atom stereocenters. The molecule has 2 N–H and O–H groups in total. The lowest BCUT2D eigenvalue weighted by molar-refractivity contribution is 0.597. The van der Waals surface area contributed by atoms with Crippen molar-refractivity contribution in [2.45, 2.75) is 11.4 Å². The third-order valence-corrected chi connectivity index (χ3v) is 4.49. The molecule has 106 valence electrons. The molecule has 2 rings (SSSR count). The van der Waals surface area contributed by atoms with Gasteiger partial charge in [0.05, 0.1) is 0 Å². The van der Waals surface area contributed by atoms with E-state index in [9.17, 15) is 8.42 Å². The molecule has 1 heterocycles. The zero-order valence-electron chi connectivity index (χ0n) is 10.8. The fourth-order valence-corrected chi connectivity index (χ4v) is 2.99. The van der Waals surface area contributed by atoms with Crippen molar-refractivity contribution < 1.29 is 8.42 Å². The van der Waals surface area contributed by atoms with E-state index in [0.29, 0.717) is 12.4 Å². The summed E-state index contributed by atoms with van der Waals surface area (Å²) in [5, 5.41) is 5.21. The van der Waals surface area contributed by atoms with Gasteiger partial charge < -0.3 is 4.90 Å². The first-order valence-electron chi connectivity index (χ1n) is 5.82. The van der Waals surface area contributed by atoms with Crippen molar-refractivity contribution in [1.82, 2.24) is 4.98 Å². The van der Waals surface area contributed by atoms with Crippen LogP contribution in [-0.4, -0.2) is 20.4 Å². The first kappa shape index (κ1) is 15.0. The summed E-state index contributed by atoms with van der Waals surface area (Å²) in [4.78, 5) is 5.89. The summed E-state index contributed by atoms with van der Waals surface area (Å²) in [6.45, 7) is 0.515. The van der Waals surface area contributed by atoms with Crippen molar-refractivity contribution in [2.24, 2.45) is 5.14 Å². The molecule has 5 nitrogen and oxygen atoms in total. The molecular formula is C13H14BrN3O2S. The van der Waals surface area contributed by atoms with E-state index >= 15 is 0 Å². The SMILES string of the molecule is CN(Cc1ccccc1Br)c1ncccc1S(N)(=O)=O. The lowest BCUT2D eigenvalue weighted by Gasteiger charge is -2.20. The van der Waals surface area contributed by atoms with Gasteiger partial charge in [0.25, 0.3) is 0 Å². The van der Waals surface area contributed by atoms with Gasteiger partial charge in [-0.05, 0) is 23.8 Å². The van der Waals surface area contributed by atoms with Gasteiger partial charge in [0.2, 0.25) is 10.0 Å². The second kappa shape index (κ2) is 5.90. The Balaban J connectivity index is 2.36. The van der Waals surface area contributed by atoms with E-state index in [1.807, 2.05) is 24.3 Å². The third kappa shape index (κ3) is 3.36. The molecule has 0 aliphatic carbocycles. The van der Waals surface area contributed by atoms with Crippen molar-refractivity contribution in [2.75, 3.05) is 11.9 Å². The number of anilines is 1. The quantitative estimate of drug-likeness (QED) is 0.911. The fourth-order valence-electron chi connectivity index (χ4n) is 1.85. The van der Waals surface area contributed by atoms with Crippen molar-refractivity contribution in [1.29, 1.82) is 0 Å². The monoisotopic (exact) mass is 355 g/mol. The summed E-state index contributed by atoms with van der Waals surface area (Å²) in [7, 11) is -2.02. The van der Waals surface area contributed by atoms with E-state index in [2.05, 4.69) is 20.9 Å². The maximum Gasteiger partial charge on any atom is 0.241 e. The van der Waals surface area contributed by atoms with Gasteiger partial charge in [0, 0.05) is 24.3 Å². The molecule has 0 saturated carbocycles. The molecule has 0 radical (unpaired) electrons. The van der Waals surface area contributed by atoms with E-state index in [-0.39, 0.29) is 4.90 Å². The van der Waals surface area contributed by atoms with Crippen LogP contribution in [-0.2, 0) is 16.6 Å². The Bertz CT molecular complexity index is 719. The van der Waals surface area contributed by atoms with Crippen molar-refractivity contribution in [3.8, 4) is 0 Å². The Morgan fingerprint density at radius 3 is 2.60 bits per heavy atom. The fraction of sp³-hybridized carbons (Fsp3) is 0.154. The van der Waals surface area contributed by atoms with Crippen molar-refractivity contribution >= 4 is 31.8 Å². The van der Waals surface area contributed by atoms with E-state index in [0.717, 1.165) is 10.0 Å². The molecule has 1 aromatic heterocycles. The number of benzene rings is 1. The van der Waals surface area contributed by atoms with Gasteiger partial charge in [0.15, 0.2) is 0 Å². The van der Waals surface area contributed by atoms with Crippen LogP contribution in [0.1, 0.15) is 5.56 Å². The van der Waals surface area contributed by atoms with Gasteiger partial charge in [0.1, 0.15) is 10.7 Å². The molecule has 0 aliphatic rings. The predicted molar refractivity (Wildman–Crippen MR) is 81.9 cm³/mol. The lowest BCUT2D eigenvalue weighted by Crippen LogP contribution is -2.23. The largest absolute Gasteiger partial charge is 0.354 e. The van der Waals surface area contributed by atoms with Crippen molar-refractivity contribution in [3.05, 3.63) is 52.6 Å². The van der Waals surface area contributed by atoms with Gasteiger partial charge in [-0.2, -0.15) is 0 Å². The number of nitrogens with two attached hydrogens (primary N) is 1. The molecule has 2 aromatic rings. The summed E-state index contributed by atoms with van der Waals surface area (Å²) in [5.74, 6) is 0.339. The lowest BCUT2D eigenvalue weighted by atomic mass is 10.2. The standard InChI is InChI=1S/C13H14BrN3O2S/c1-17(9-10-5-2-3-6-11(10)14)13-12(20(15,18)19)7-4-8-16-13/h2-8H,9H2,1H3,(H2,15,18,19). The van der Waals surface area contributed by atoms with Crippen molar-refractivity contribution in [3.63, 3.8) is 0 Å². The number of sulfonamides is 1. The highest BCUT2D eigenvalue weighted by Crippen LogP contribution is 2.24. The zero-order chi connectivity index (χ0) is 14.8. The maximum atomic E-state index is 11.6. The van der Waals surface area contributed by atoms with E-state index < -0.39 is 10.0 Å². The molecule has 0 aliphatic heterocycles. The average molecular weight is 356 g/mol. The number of primary sulfonamides is 1. The Hall–Kier alpha value is -1.44. The summed E-state index contributed by atoms with van der Waals surface area (Å²) in [5.41, 5.74) is 1.03. The van der Waals surface area contributed by atoms with Crippen LogP contribution < -0.4 is 10.0 Å². The zero-order valence-corrected chi connectivity index (χ0v) is 13.2. The molecule has 1 aromatic carbocycles. The Morgan fingerprint density at radius 1 is 1.25 bits per heavy atom. The van der Waals surface area contributed by atoms with E-state index in [1.54, 1.807) is 24.2 Å². The smallest absolute Gasteiger partial charge is 0.241 e. The third-order valence-electron chi connectivity index (χ3n) is 2.78. The number of aromatic nitrogens is 1. The first-order chi connectivity index (χ1) is 9.39. The Kier molecular flexibility index (Phi) is 4.42. The summed E-state index contributed by atoms with van der Waals surface area (Å²) < 4.78 is 24.1. The molecule has 0 unspecified atom stereocenters. The van der Waals surface area contributed by atoms with Crippen LogP contribution >= 0.6 is 15.9 Å². The Morgan fingerprint density at radius 2 is 1.95 bits per heavy atom. The number of hydrogen-bond acceptors (Lipinski definition) is 4. The van der Waals surface area contributed by atoms with Crippen LogP contribution in [0, 0.1) is 0 Å². The normalized spacial score (nSPS) is 11.3. The van der Waals surface area contributed by atoms with Crippen LogP contribution in [0.4, 0.5) is 5.82 Å². The molecule has 20 heavy (non-hydrogen) atoms. The summed E-state index contributed by atoms with van der Waals surface area (Å²) in [6.07, 6.45) is 1.54. The summed E-state index contributed by atoms with van der Waals surface area (Å²) in [6, 6.07) is 10.7. The van der Waals surface area contributed by atoms with Crippen LogP contribution in [0.5, 0.6) is 0 Å². The minimum Gasteiger partial charge on any atom is -0.354 e. The number of rotatable bonds is 4. The van der Waals surface area contributed by atoms with Crippen LogP contribution in [0.3, 0.4) is 0 Å². The van der Waals surface area contributed by atoms with Gasteiger partial charge in [-0.1, -0.05) is 34.1 Å². The maximum absolute atomic E-state index is 11.6. The van der Waals surface area contributed by atoms with E-state index in [4.69, 9.17) is 5.14 Å². The average Bonchev–Trinajstić information content (AvgIpc) is 2.40. The van der Waals surface area contributed by atoms with Gasteiger partial charge in [-0.3, -0.25) is 0 Å². The minimum absolute atomic E-state index is 0.0227. The van der Waals surface area contributed by atoms with E-state index in [1.165, 1.54) is 6.07 Å². The number of hydrogen-bond donors (Lipinski definition) is 1. The van der Waals surface area contributed by atoms with Gasteiger partial charge in [-0.15, -0.1) is 0 Å². The number of nitrogens with zero attached hydrogens (tertiary/aromatic N) is 2. The Labute approximate surface area is 126 Å². The van der Waals surface area contributed by atoms with Gasteiger partial charge >= 0.3 is 0 Å². The molecule has 0 fully saturated rings. The van der Waals surface area contributed by atoms with Crippen LogP contribution in [0.25, 0.3) is 0 Å². The highest BCUT2D eigenvalue weighted by Gasteiger charge is 2.18. The minimum atomic E-state index is -3.80. The molecular weight excluding hydrogens is 342 g/mol. The highest BCUT2D eigenvalue weighted by atomic mass is 79.9. The molecule has 0 amide bonds. The molecule has 7 heteroatoms. The number of halogens is 1. The van der Waals surface area contributed by atoms with Crippen LogP contribution in [0.15, 0.2) is 52.0 Å².